The fourth-order valence-electron chi connectivity index (χ4n) is 3.43. The van der Waals surface area contributed by atoms with Crippen LogP contribution < -0.4 is 4.74 Å². The Labute approximate surface area is 126 Å². The summed E-state index contributed by atoms with van der Waals surface area (Å²) in [4.78, 5) is 17.1. The summed E-state index contributed by atoms with van der Waals surface area (Å²) >= 11 is 0. The van der Waals surface area contributed by atoms with Gasteiger partial charge in [0.25, 0.3) is 5.91 Å². The summed E-state index contributed by atoms with van der Waals surface area (Å²) in [5, 5.41) is 0. The van der Waals surface area contributed by atoms with E-state index in [0.29, 0.717) is 6.04 Å². The van der Waals surface area contributed by atoms with Crippen molar-refractivity contribution < 1.29 is 9.53 Å². The standard InChI is InChI=1S/C17H24N2O2/c1-13-4-3-8-18(13)10-11-19-9-7-14-12-15(21-2)5-6-16(14)17(19)20/h5-6,12-13H,3-4,7-11H2,1-2H3. The average molecular weight is 288 g/mol. The predicted octanol–water partition coefficient (Wildman–Crippen LogP) is 2.18. The van der Waals surface area contributed by atoms with Crippen molar-refractivity contribution in [2.75, 3.05) is 33.3 Å². The lowest BCUT2D eigenvalue weighted by Crippen LogP contribution is -2.43. The van der Waals surface area contributed by atoms with Crippen LogP contribution in [0.25, 0.3) is 0 Å². The molecule has 1 fully saturated rings. The Hall–Kier alpha value is -1.55. The molecule has 1 aromatic rings. The molecule has 1 amide bonds. The van der Waals surface area contributed by atoms with Gasteiger partial charge in [0, 0.05) is 31.2 Å². The fourth-order valence-corrected chi connectivity index (χ4v) is 3.43. The molecule has 1 atom stereocenters. The lowest BCUT2D eigenvalue weighted by atomic mass is 9.98. The average Bonchev–Trinajstić information content (AvgIpc) is 2.91. The van der Waals surface area contributed by atoms with E-state index in [-0.39, 0.29) is 5.91 Å². The van der Waals surface area contributed by atoms with Gasteiger partial charge in [-0.1, -0.05) is 0 Å². The molecule has 3 rings (SSSR count). The molecular weight excluding hydrogens is 264 g/mol. The Morgan fingerprint density at radius 1 is 1.29 bits per heavy atom. The Bertz CT molecular complexity index is 530. The summed E-state index contributed by atoms with van der Waals surface area (Å²) in [5.74, 6) is 1.01. The van der Waals surface area contributed by atoms with Gasteiger partial charge in [-0.2, -0.15) is 0 Å². The predicted molar refractivity (Wildman–Crippen MR) is 82.9 cm³/mol. The van der Waals surface area contributed by atoms with Crippen molar-refractivity contribution in [2.45, 2.75) is 32.2 Å². The van der Waals surface area contributed by atoms with Gasteiger partial charge in [-0.25, -0.2) is 0 Å². The molecule has 0 aromatic heterocycles. The van der Waals surface area contributed by atoms with Gasteiger partial charge < -0.3 is 9.64 Å². The third-order valence-corrected chi connectivity index (χ3v) is 4.83. The lowest BCUT2D eigenvalue weighted by molar-refractivity contribution is 0.0716. The summed E-state index contributed by atoms with van der Waals surface area (Å²) in [6.07, 6.45) is 3.50. The minimum absolute atomic E-state index is 0.172. The highest BCUT2D eigenvalue weighted by atomic mass is 16.5. The van der Waals surface area contributed by atoms with E-state index in [4.69, 9.17) is 4.74 Å². The molecule has 21 heavy (non-hydrogen) atoms. The minimum atomic E-state index is 0.172. The van der Waals surface area contributed by atoms with E-state index in [1.54, 1.807) is 7.11 Å². The summed E-state index contributed by atoms with van der Waals surface area (Å²) < 4.78 is 5.24. The van der Waals surface area contributed by atoms with Gasteiger partial charge in [-0.3, -0.25) is 9.69 Å². The number of ether oxygens (including phenoxy) is 1. The third kappa shape index (κ3) is 2.91. The van der Waals surface area contributed by atoms with Gasteiger partial charge in [-0.15, -0.1) is 0 Å². The molecule has 2 aliphatic rings. The number of carbonyl (C=O) groups excluding carboxylic acids is 1. The molecule has 0 radical (unpaired) electrons. The third-order valence-electron chi connectivity index (χ3n) is 4.83. The molecular formula is C17H24N2O2. The van der Waals surface area contributed by atoms with Crippen LogP contribution in [-0.2, 0) is 6.42 Å². The van der Waals surface area contributed by atoms with E-state index in [1.807, 2.05) is 23.1 Å². The zero-order valence-electron chi connectivity index (χ0n) is 13.0. The number of hydrogen-bond acceptors (Lipinski definition) is 3. The summed E-state index contributed by atoms with van der Waals surface area (Å²) in [6, 6.07) is 6.44. The Morgan fingerprint density at radius 3 is 2.86 bits per heavy atom. The maximum atomic E-state index is 12.6. The Balaban J connectivity index is 1.65. The highest BCUT2D eigenvalue weighted by Gasteiger charge is 2.26. The second-order valence-electron chi connectivity index (χ2n) is 6.09. The van der Waals surface area contributed by atoms with Crippen LogP contribution in [0.5, 0.6) is 5.75 Å². The van der Waals surface area contributed by atoms with Crippen LogP contribution in [0, 0.1) is 0 Å². The van der Waals surface area contributed by atoms with Crippen molar-refractivity contribution in [3.63, 3.8) is 0 Å². The Kier molecular flexibility index (Phi) is 4.15. The smallest absolute Gasteiger partial charge is 0.254 e. The van der Waals surface area contributed by atoms with Gasteiger partial charge in [-0.05, 0) is 56.5 Å². The molecule has 4 nitrogen and oxygen atoms in total. The van der Waals surface area contributed by atoms with Gasteiger partial charge in [0.2, 0.25) is 0 Å². The normalized spacial score (nSPS) is 22.5. The molecule has 0 spiro atoms. The number of likely N-dealkylation sites (tertiary alicyclic amines) is 1. The molecule has 4 heteroatoms. The van der Waals surface area contributed by atoms with Crippen LogP contribution in [0.3, 0.4) is 0 Å². The summed E-state index contributed by atoms with van der Waals surface area (Å²) in [7, 11) is 1.66. The number of methoxy groups -OCH3 is 1. The quantitative estimate of drug-likeness (QED) is 0.851. The first kappa shape index (κ1) is 14.4. The van der Waals surface area contributed by atoms with Crippen molar-refractivity contribution in [1.82, 2.24) is 9.80 Å². The highest BCUT2D eigenvalue weighted by Crippen LogP contribution is 2.24. The van der Waals surface area contributed by atoms with Crippen molar-refractivity contribution in [2.24, 2.45) is 0 Å². The zero-order chi connectivity index (χ0) is 14.8. The first-order chi connectivity index (χ1) is 10.2. The first-order valence-corrected chi connectivity index (χ1v) is 7.89. The second-order valence-corrected chi connectivity index (χ2v) is 6.09. The van der Waals surface area contributed by atoms with E-state index < -0.39 is 0 Å². The van der Waals surface area contributed by atoms with Crippen molar-refractivity contribution >= 4 is 5.91 Å². The van der Waals surface area contributed by atoms with E-state index in [1.165, 1.54) is 19.4 Å². The molecule has 2 heterocycles. The van der Waals surface area contributed by atoms with Crippen LogP contribution in [0.2, 0.25) is 0 Å². The molecule has 0 aliphatic carbocycles. The van der Waals surface area contributed by atoms with E-state index >= 15 is 0 Å². The number of hydrogen-bond donors (Lipinski definition) is 0. The van der Waals surface area contributed by atoms with Crippen LogP contribution in [0.1, 0.15) is 35.7 Å². The van der Waals surface area contributed by atoms with E-state index in [0.717, 1.165) is 42.9 Å². The second kappa shape index (κ2) is 6.06. The molecule has 1 saturated heterocycles. The number of rotatable bonds is 4. The molecule has 1 unspecified atom stereocenters. The maximum Gasteiger partial charge on any atom is 0.254 e. The van der Waals surface area contributed by atoms with Gasteiger partial charge >= 0.3 is 0 Å². The fraction of sp³-hybridized carbons (Fsp3) is 0.588. The zero-order valence-corrected chi connectivity index (χ0v) is 13.0. The number of nitrogens with zero attached hydrogens (tertiary/aromatic N) is 2. The summed E-state index contributed by atoms with van der Waals surface area (Å²) in [5.41, 5.74) is 1.96. The van der Waals surface area contributed by atoms with Crippen molar-refractivity contribution in [1.29, 1.82) is 0 Å². The largest absolute Gasteiger partial charge is 0.497 e. The molecule has 0 N–H and O–H groups in total. The van der Waals surface area contributed by atoms with Crippen molar-refractivity contribution in [3.05, 3.63) is 29.3 Å². The molecule has 0 bridgehead atoms. The number of amides is 1. The van der Waals surface area contributed by atoms with Gasteiger partial charge in [0.15, 0.2) is 0 Å². The molecule has 0 saturated carbocycles. The molecule has 1 aromatic carbocycles. The Morgan fingerprint density at radius 2 is 2.14 bits per heavy atom. The highest BCUT2D eigenvalue weighted by molar-refractivity contribution is 5.96. The number of fused-ring (bicyclic) bond motifs is 1. The van der Waals surface area contributed by atoms with Crippen LogP contribution in [-0.4, -0.2) is 55.0 Å². The first-order valence-electron chi connectivity index (χ1n) is 7.89. The van der Waals surface area contributed by atoms with Crippen LogP contribution >= 0.6 is 0 Å². The van der Waals surface area contributed by atoms with E-state index in [2.05, 4.69) is 11.8 Å². The summed E-state index contributed by atoms with van der Waals surface area (Å²) in [6.45, 7) is 6.12. The van der Waals surface area contributed by atoms with Gasteiger partial charge in [0.05, 0.1) is 7.11 Å². The van der Waals surface area contributed by atoms with Crippen molar-refractivity contribution in [3.8, 4) is 5.75 Å². The maximum absolute atomic E-state index is 12.6. The molecule has 2 aliphatic heterocycles. The monoisotopic (exact) mass is 288 g/mol. The minimum Gasteiger partial charge on any atom is -0.497 e. The lowest BCUT2D eigenvalue weighted by Gasteiger charge is -2.31. The number of carbonyl (C=O) groups is 1. The topological polar surface area (TPSA) is 32.8 Å². The van der Waals surface area contributed by atoms with E-state index in [9.17, 15) is 4.79 Å². The van der Waals surface area contributed by atoms with Crippen LogP contribution in [0.15, 0.2) is 18.2 Å². The van der Waals surface area contributed by atoms with Crippen LogP contribution in [0.4, 0.5) is 0 Å². The molecule has 114 valence electrons. The number of benzene rings is 1. The SMILES string of the molecule is COc1ccc2c(c1)CCN(CCN1CCCC1C)C2=O. The van der Waals surface area contributed by atoms with Gasteiger partial charge in [0.1, 0.15) is 5.75 Å².